The number of aryl methyl sites for hydroxylation is 1. The van der Waals surface area contributed by atoms with E-state index in [0.717, 1.165) is 0 Å². The van der Waals surface area contributed by atoms with Gasteiger partial charge in [-0.1, -0.05) is 5.92 Å². The smallest absolute Gasteiger partial charge is 0.335 e. The molecule has 0 fully saturated rings. The average molecular weight is 327 g/mol. The van der Waals surface area contributed by atoms with Gasteiger partial charge < -0.3 is 5.11 Å². The molecule has 114 valence electrons. The SMILES string of the molecule is C#CCSCCNS(=O)(=O)c1cc(C(=O)O)cc(C)c1C. The number of hydrogen-bond donors (Lipinski definition) is 2. The summed E-state index contributed by atoms with van der Waals surface area (Å²) in [6, 6.07) is 2.64. The predicted octanol–water partition coefficient (Wildman–Crippen LogP) is 1.65. The molecule has 0 spiro atoms. The summed E-state index contributed by atoms with van der Waals surface area (Å²) in [5.41, 5.74) is 1.13. The molecule has 0 aliphatic rings. The summed E-state index contributed by atoms with van der Waals surface area (Å²) in [6.45, 7) is 3.58. The van der Waals surface area contributed by atoms with Crippen molar-refractivity contribution >= 4 is 27.8 Å². The van der Waals surface area contributed by atoms with Gasteiger partial charge in [-0.05, 0) is 37.1 Å². The van der Waals surface area contributed by atoms with E-state index in [1.54, 1.807) is 13.8 Å². The van der Waals surface area contributed by atoms with Crippen molar-refractivity contribution in [2.45, 2.75) is 18.7 Å². The number of sulfonamides is 1. The average Bonchev–Trinajstić information content (AvgIpc) is 2.40. The van der Waals surface area contributed by atoms with Gasteiger partial charge in [-0.3, -0.25) is 0 Å². The van der Waals surface area contributed by atoms with E-state index >= 15 is 0 Å². The molecule has 0 radical (unpaired) electrons. The molecule has 5 nitrogen and oxygen atoms in total. The molecular formula is C14H17NO4S2. The second-order valence-electron chi connectivity index (χ2n) is 4.38. The Hall–Kier alpha value is -1.49. The maximum Gasteiger partial charge on any atom is 0.335 e. The van der Waals surface area contributed by atoms with Gasteiger partial charge in [0, 0.05) is 12.3 Å². The van der Waals surface area contributed by atoms with Crippen molar-refractivity contribution in [3.05, 3.63) is 28.8 Å². The zero-order chi connectivity index (χ0) is 16.0. The van der Waals surface area contributed by atoms with Crippen molar-refractivity contribution in [1.82, 2.24) is 4.72 Å². The van der Waals surface area contributed by atoms with Gasteiger partial charge in [0.1, 0.15) is 0 Å². The van der Waals surface area contributed by atoms with E-state index in [0.29, 0.717) is 22.6 Å². The van der Waals surface area contributed by atoms with Gasteiger partial charge in [-0.2, -0.15) is 0 Å². The van der Waals surface area contributed by atoms with Crippen molar-refractivity contribution in [3.63, 3.8) is 0 Å². The van der Waals surface area contributed by atoms with Crippen LogP contribution in [-0.2, 0) is 10.0 Å². The first-order chi connectivity index (χ1) is 9.79. The maximum absolute atomic E-state index is 12.3. The number of hydrogen-bond acceptors (Lipinski definition) is 4. The van der Waals surface area contributed by atoms with E-state index in [-0.39, 0.29) is 17.0 Å². The molecule has 0 bridgehead atoms. The fourth-order valence-corrected chi connectivity index (χ4v) is 3.70. The summed E-state index contributed by atoms with van der Waals surface area (Å²) in [5, 5.41) is 9.03. The Morgan fingerprint density at radius 3 is 2.67 bits per heavy atom. The fraction of sp³-hybridized carbons (Fsp3) is 0.357. The number of carboxylic acids is 1. The van der Waals surface area contributed by atoms with Crippen LogP contribution in [0.5, 0.6) is 0 Å². The van der Waals surface area contributed by atoms with Crippen LogP contribution in [0.3, 0.4) is 0 Å². The Kier molecular flexibility index (Phi) is 6.27. The van der Waals surface area contributed by atoms with Crippen LogP contribution in [0.1, 0.15) is 21.5 Å². The van der Waals surface area contributed by atoms with E-state index in [9.17, 15) is 13.2 Å². The molecule has 0 aromatic heterocycles. The molecule has 0 saturated heterocycles. The first kappa shape index (κ1) is 17.6. The quantitative estimate of drug-likeness (QED) is 0.588. The second kappa shape index (κ2) is 7.50. The molecule has 1 rings (SSSR count). The first-order valence-corrected chi connectivity index (χ1v) is 8.79. The molecule has 7 heteroatoms. The largest absolute Gasteiger partial charge is 0.478 e. The summed E-state index contributed by atoms with van der Waals surface area (Å²) >= 11 is 1.45. The lowest BCUT2D eigenvalue weighted by atomic mass is 10.1. The lowest BCUT2D eigenvalue weighted by Crippen LogP contribution is -2.27. The van der Waals surface area contributed by atoms with Crippen LogP contribution in [0.2, 0.25) is 0 Å². The maximum atomic E-state index is 12.3. The molecule has 0 aliphatic carbocycles. The minimum atomic E-state index is -3.73. The standard InChI is InChI=1S/C14H17NO4S2/c1-4-6-20-7-5-15-21(18,19)13-9-12(14(16)17)8-10(2)11(13)3/h1,8-9,15H,5-7H2,2-3H3,(H,16,17). The summed E-state index contributed by atoms with van der Waals surface area (Å²) in [7, 11) is -3.73. The zero-order valence-electron chi connectivity index (χ0n) is 11.8. The normalized spacial score (nSPS) is 11.1. The van der Waals surface area contributed by atoms with Crippen LogP contribution in [0, 0.1) is 26.2 Å². The van der Waals surface area contributed by atoms with E-state index in [1.165, 1.54) is 23.9 Å². The minimum absolute atomic E-state index is 0.00171. The molecule has 0 aliphatic heterocycles. The number of rotatable bonds is 7. The number of thioether (sulfide) groups is 1. The topological polar surface area (TPSA) is 83.5 Å². The number of nitrogens with one attached hydrogen (secondary N) is 1. The van der Waals surface area contributed by atoms with E-state index in [4.69, 9.17) is 11.5 Å². The van der Waals surface area contributed by atoms with Crippen molar-refractivity contribution in [2.24, 2.45) is 0 Å². The highest BCUT2D eigenvalue weighted by atomic mass is 32.2. The Morgan fingerprint density at radius 1 is 1.43 bits per heavy atom. The highest BCUT2D eigenvalue weighted by Gasteiger charge is 2.20. The molecule has 0 heterocycles. The Bertz CT molecular complexity index is 675. The number of aromatic carboxylic acids is 1. The van der Waals surface area contributed by atoms with Crippen LogP contribution in [0.25, 0.3) is 0 Å². The van der Waals surface area contributed by atoms with Crippen molar-refractivity contribution in [3.8, 4) is 12.3 Å². The molecular weight excluding hydrogens is 310 g/mol. The molecule has 1 aromatic carbocycles. The van der Waals surface area contributed by atoms with Gasteiger partial charge in [0.25, 0.3) is 0 Å². The van der Waals surface area contributed by atoms with Gasteiger partial charge in [-0.25, -0.2) is 17.9 Å². The Labute approximate surface area is 129 Å². The Balaban J connectivity index is 2.97. The van der Waals surface area contributed by atoms with Crippen LogP contribution in [-0.4, -0.2) is 37.5 Å². The van der Waals surface area contributed by atoms with Crippen LogP contribution in [0.15, 0.2) is 17.0 Å². The molecule has 1 aromatic rings. The van der Waals surface area contributed by atoms with Crippen LogP contribution in [0.4, 0.5) is 0 Å². The van der Waals surface area contributed by atoms with E-state index in [2.05, 4.69) is 10.6 Å². The lowest BCUT2D eigenvalue weighted by Gasteiger charge is -2.12. The van der Waals surface area contributed by atoms with Crippen LogP contribution < -0.4 is 4.72 Å². The van der Waals surface area contributed by atoms with Crippen LogP contribution >= 0.6 is 11.8 Å². The number of carbonyl (C=O) groups is 1. The lowest BCUT2D eigenvalue weighted by molar-refractivity contribution is 0.0696. The summed E-state index contributed by atoms with van der Waals surface area (Å²) < 4.78 is 27.0. The zero-order valence-corrected chi connectivity index (χ0v) is 13.5. The third kappa shape index (κ3) is 4.77. The Morgan fingerprint density at radius 2 is 2.10 bits per heavy atom. The van der Waals surface area contributed by atoms with E-state index < -0.39 is 16.0 Å². The van der Waals surface area contributed by atoms with Crippen molar-refractivity contribution in [1.29, 1.82) is 0 Å². The van der Waals surface area contributed by atoms with Crippen molar-refractivity contribution < 1.29 is 18.3 Å². The minimum Gasteiger partial charge on any atom is -0.478 e. The number of benzene rings is 1. The van der Waals surface area contributed by atoms with Gasteiger partial charge in [0.05, 0.1) is 16.2 Å². The van der Waals surface area contributed by atoms with Gasteiger partial charge in [-0.15, -0.1) is 18.2 Å². The monoisotopic (exact) mass is 327 g/mol. The van der Waals surface area contributed by atoms with E-state index in [1.807, 2.05) is 0 Å². The van der Waals surface area contributed by atoms with Crippen molar-refractivity contribution in [2.75, 3.05) is 18.1 Å². The molecule has 0 saturated carbocycles. The highest BCUT2D eigenvalue weighted by molar-refractivity contribution is 7.99. The highest BCUT2D eigenvalue weighted by Crippen LogP contribution is 2.21. The molecule has 0 unspecified atom stereocenters. The molecule has 21 heavy (non-hydrogen) atoms. The number of carboxylic acid groups (broad SMARTS) is 1. The summed E-state index contributed by atoms with van der Waals surface area (Å²) in [4.78, 5) is 11.0. The fourth-order valence-electron chi connectivity index (χ4n) is 1.69. The first-order valence-electron chi connectivity index (χ1n) is 6.15. The molecule has 0 amide bonds. The third-order valence-electron chi connectivity index (χ3n) is 2.88. The second-order valence-corrected chi connectivity index (χ2v) is 7.22. The molecule has 2 N–H and O–H groups in total. The molecule has 0 atom stereocenters. The van der Waals surface area contributed by atoms with Gasteiger partial charge in [0.2, 0.25) is 10.0 Å². The third-order valence-corrected chi connectivity index (χ3v) is 5.33. The summed E-state index contributed by atoms with van der Waals surface area (Å²) in [6.07, 6.45) is 5.10. The summed E-state index contributed by atoms with van der Waals surface area (Å²) in [5.74, 6) is 2.38. The van der Waals surface area contributed by atoms with Gasteiger partial charge >= 0.3 is 5.97 Å². The van der Waals surface area contributed by atoms with Gasteiger partial charge in [0.15, 0.2) is 0 Å². The number of terminal acetylenes is 1. The predicted molar refractivity (Wildman–Crippen MR) is 84.2 cm³/mol.